The van der Waals surface area contributed by atoms with Crippen molar-refractivity contribution in [1.29, 1.82) is 0 Å². The highest BCUT2D eigenvalue weighted by molar-refractivity contribution is 6.10. The summed E-state index contributed by atoms with van der Waals surface area (Å²) in [6, 6.07) is 2.36. The number of likely N-dealkylation sites (N-methyl/N-ethyl adjacent to an activating group) is 1. The van der Waals surface area contributed by atoms with E-state index in [0.29, 0.717) is 0 Å². The molecule has 1 heterocycles. The first kappa shape index (κ1) is 18.4. The van der Waals surface area contributed by atoms with Crippen molar-refractivity contribution in [1.82, 2.24) is 15.5 Å². The number of nitrogens with zero attached hydrogens (tertiary/aromatic N) is 1. The first-order valence-electron chi connectivity index (χ1n) is 6.79. The molecule has 8 nitrogen and oxygen atoms in total. The highest BCUT2D eigenvalue weighted by Crippen LogP contribution is 2.34. The lowest BCUT2D eigenvalue weighted by molar-refractivity contribution is -0.199. The van der Waals surface area contributed by atoms with Gasteiger partial charge in [-0.2, -0.15) is 13.2 Å². The number of hydrogen-bond acceptors (Lipinski definition) is 5. The van der Waals surface area contributed by atoms with Gasteiger partial charge in [0, 0.05) is 12.6 Å². The van der Waals surface area contributed by atoms with E-state index in [2.05, 4.69) is 0 Å². The average molecular weight is 361 g/mol. The van der Waals surface area contributed by atoms with Gasteiger partial charge in [0.2, 0.25) is 0 Å². The Morgan fingerprint density at radius 1 is 1.20 bits per heavy atom. The number of ether oxygens (including phenoxy) is 2. The number of nitrogens with one attached hydrogen (secondary N) is 2. The van der Waals surface area contributed by atoms with Crippen LogP contribution < -0.4 is 20.1 Å². The Balaban J connectivity index is 2.40. The third-order valence-corrected chi connectivity index (χ3v) is 3.60. The van der Waals surface area contributed by atoms with E-state index >= 15 is 0 Å². The molecule has 0 saturated carbocycles. The second-order valence-corrected chi connectivity index (χ2v) is 5.07. The van der Waals surface area contributed by atoms with E-state index in [9.17, 15) is 27.6 Å². The fraction of sp³-hybridized carbons (Fsp3) is 0.357. The minimum Gasteiger partial charge on any atom is -0.493 e. The normalized spacial score (nSPS) is 20.3. The van der Waals surface area contributed by atoms with Crippen LogP contribution in [0.15, 0.2) is 18.2 Å². The molecular formula is C14H14F3N3O5. The maximum absolute atomic E-state index is 13.4. The summed E-state index contributed by atoms with van der Waals surface area (Å²) in [5, 5.41) is 3.05. The Morgan fingerprint density at radius 2 is 1.80 bits per heavy atom. The molecule has 1 aliphatic rings. The van der Waals surface area contributed by atoms with Crippen LogP contribution in [0.1, 0.15) is 10.4 Å². The summed E-state index contributed by atoms with van der Waals surface area (Å²) < 4.78 is 50.2. The lowest BCUT2D eigenvalue weighted by Gasteiger charge is -2.29. The van der Waals surface area contributed by atoms with Gasteiger partial charge in [-0.3, -0.25) is 19.8 Å². The molecule has 0 bridgehead atoms. The summed E-state index contributed by atoms with van der Waals surface area (Å²) in [7, 11) is 3.50. The van der Waals surface area contributed by atoms with E-state index in [0.717, 1.165) is 13.1 Å². The molecule has 0 radical (unpaired) electrons. The molecule has 2 N–H and O–H groups in total. The highest BCUT2D eigenvalue weighted by atomic mass is 19.4. The zero-order valence-electron chi connectivity index (χ0n) is 13.4. The van der Waals surface area contributed by atoms with Gasteiger partial charge in [-0.15, -0.1) is 0 Å². The SMILES string of the molecule is COc1ccc(C(=O)NC2(C(F)(F)F)NC(=O)N(C)C2=O)cc1OC. The molecule has 1 aromatic rings. The Labute approximate surface area is 139 Å². The summed E-state index contributed by atoms with van der Waals surface area (Å²) in [5.41, 5.74) is -3.76. The molecular weight excluding hydrogens is 347 g/mol. The van der Waals surface area contributed by atoms with Crippen LogP contribution in [-0.2, 0) is 4.79 Å². The van der Waals surface area contributed by atoms with Crippen LogP contribution in [0.3, 0.4) is 0 Å². The molecule has 11 heteroatoms. The largest absolute Gasteiger partial charge is 0.493 e. The molecule has 136 valence electrons. The molecule has 0 spiro atoms. The molecule has 1 unspecified atom stereocenters. The molecule has 0 aliphatic carbocycles. The molecule has 1 atom stereocenters. The highest BCUT2D eigenvalue weighted by Gasteiger charge is 2.68. The van der Waals surface area contributed by atoms with Crippen LogP contribution in [0.2, 0.25) is 0 Å². The standard InChI is InChI=1S/C14H14F3N3O5/c1-20-11(22)13(14(15,16)17,19-12(20)23)18-10(21)7-4-5-8(24-2)9(6-7)25-3/h4-6H,1-3H3,(H,18,21)(H,19,23). The van der Waals surface area contributed by atoms with Crippen LogP contribution in [0.5, 0.6) is 11.5 Å². The molecule has 0 aromatic heterocycles. The minimum absolute atomic E-state index is 0.107. The van der Waals surface area contributed by atoms with Gasteiger partial charge in [-0.1, -0.05) is 0 Å². The molecule has 25 heavy (non-hydrogen) atoms. The quantitative estimate of drug-likeness (QED) is 0.776. The first-order valence-corrected chi connectivity index (χ1v) is 6.79. The van der Waals surface area contributed by atoms with E-state index in [1.165, 1.54) is 31.7 Å². The van der Waals surface area contributed by atoms with E-state index in [-0.39, 0.29) is 22.0 Å². The summed E-state index contributed by atoms with van der Waals surface area (Å²) in [6.07, 6.45) is -5.25. The summed E-state index contributed by atoms with van der Waals surface area (Å²) >= 11 is 0. The van der Waals surface area contributed by atoms with Crippen molar-refractivity contribution >= 4 is 17.8 Å². The molecule has 1 aromatic carbocycles. The van der Waals surface area contributed by atoms with Crippen molar-refractivity contribution in [3.05, 3.63) is 23.8 Å². The maximum atomic E-state index is 13.4. The van der Waals surface area contributed by atoms with Crippen molar-refractivity contribution < 1.29 is 37.0 Å². The second-order valence-electron chi connectivity index (χ2n) is 5.07. The van der Waals surface area contributed by atoms with Gasteiger partial charge < -0.3 is 14.8 Å². The summed E-state index contributed by atoms with van der Waals surface area (Å²) in [6.45, 7) is 0. The molecule has 1 fully saturated rings. The number of rotatable bonds is 4. The number of carbonyl (C=O) groups is 3. The van der Waals surface area contributed by atoms with E-state index in [1.807, 2.05) is 0 Å². The second kappa shape index (κ2) is 6.15. The lowest BCUT2D eigenvalue weighted by Crippen LogP contribution is -2.69. The van der Waals surface area contributed by atoms with Crippen LogP contribution >= 0.6 is 0 Å². The van der Waals surface area contributed by atoms with Crippen LogP contribution in [-0.4, -0.2) is 55.9 Å². The number of alkyl halides is 3. The monoisotopic (exact) mass is 361 g/mol. The van der Waals surface area contributed by atoms with Gasteiger partial charge in [0.15, 0.2) is 11.5 Å². The Hall–Kier alpha value is -2.98. The molecule has 1 saturated heterocycles. The van der Waals surface area contributed by atoms with Gasteiger partial charge in [-0.05, 0) is 18.2 Å². The van der Waals surface area contributed by atoms with Crippen LogP contribution in [0, 0.1) is 0 Å². The zero-order chi connectivity index (χ0) is 19.0. The fourth-order valence-electron chi connectivity index (χ4n) is 2.21. The van der Waals surface area contributed by atoms with Crippen LogP contribution in [0.4, 0.5) is 18.0 Å². The van der Waals surface area contributed by atoms with Gasteiger partial charge in [0.05, 0.1) is 14.2 Å². The first-order chi connectivity index (χ1) is 11.6. The minimum atomic E-state index is -5.25. The fourth-order valence-corrected chi connectivity index (χ4v) is 2.21. The maximum Gasteiger partial charge on any atom is 0.440 e. The number of hydrogen-bond donors (Lipinski definition) is 2. The van der Waals surface area contributed by atoms with Gasteiger partial charge in [0.1, 0.15) is 0 Å². The van der Waals surface area contributed by atoms with Gasteiger partial charge in [0.25, 0.3) is 17.5 Å². The van der Waals surface area contributed by atoms with Crippen molar-refractivity contribution in [2.75, 3.05) is 21.3 Å². The third-order valence-electron chi connectivity index (χ3n) is 3.60. The van der Waals surface area contributed by atoms with E-state index in [4.69, 9.17) is 9.47 Å². The predicted octanol–water partition coefficient (Wildman–Crippen LogP) is 0.874. The number of imide groups is 1. The van der Waals surface area contributed by atoms with Crippen molar-refractivity contribution in [2.24, 2.45) is 0 Å². The zero-order valence-corrected chi connectivity index (χ0v) is 13.4. The van der Waals surface area contributed by atoms with Crippen LogP contribution in [0.25, 0.3) is 0 Å². The lowest BCUT2D eigenvalue weighted by atomic mass is 10.1. The smallest absolute Gasteiger partial charge is 0.440 e. The topological polar surface area (TPSA) is 97.0 Å². The van der Waals surface area contributed by atoms with Crippen molar-refractivity contribution in [3.8, 4) is 11.5 Å². The third kappa shape index (κ3) is 2.92. The Morgan fingerprint density at radius 3 is 2.24 bits per heavy atom. The van der Waals surface area contributed by atoms with E-state index < -0.39 is 29.7 Å². The number of amides is 4. The summed E-state index contributed by atoms with van der Waals surface area (Å²) in [4.78, 5) is 35.9. The Bertz CT molecular complexity index is 737. The summed E-state index contributed by atoms with van der Waals surface area (Å²) in [5.74, 6) is -2.51. The number of benzene rings is 1. The number of halogens is 3. The molecule has 4 amide bonds. The van der Waals surface area contributed by atoms with Crippen molar-refractivity contribution in [3.63, 3.8) is 0 Å². The number of urea groups is 1. The van der Waals surface area contributed by atoms with Crippen molar-refractivity contribution in [2.45, 2.75) is 11.8 Å². The Kier molecular flexibility index (Phi) is 4.51. The van der Waals surface area contributed by atoms with Gasteiger partial charge >= 0.3 is 12.2 Å². The number of carbonyl (C=O) groups excluding carboxylic acids is 3. The predicted molar refractivity (Wildman–Crippen MR) is 77.1 cm³/mol. The van der Waals surface area contributed by atoms with E-state index in [1.54, 1.807) is 5.32 Å². The number of methoxy groups -OCH3 is 2. The average Bonchev–Trinajstić information content (AvgIpc) is 2.78. The molecule has 2 rings (SSSR count). The van der Waals surface area contributed by atoms with Gasteiger partial charge in [-0.25, -0.2) is 4.79 Å². The molecule has 1 aliphatic heterocycles.